The van der Waals surface area contributed by atoms with Gasteiger partial charge in [-0.15, -0.1) is 0 Å². The zero-order chi connectivity index (χ0) is 16.2. The van der Waals surface area contributed by atoms with Gasteiger partial charge in [-0.1, -0.05) is 20.8 Å². The molecule has 1 heterocycles. The van der Waals surface area contributed by atoms with E-state index in [4.69, 9.17) is 4.74 Å². The highest BCUT2D eigenvalue weighted by Crippen LogP contribution is 2.31. The van der Waals surface area contributed by atoms with Gasteiger partial charge in [-0.05, 0) is 37.1 Å². The molecule has 2 fully saturated rings. The summed E-state index contributed by atoms with van der Waals surface area (Å²) in [6.07, 6.45) is 4.30. The largest absolute Gasteiger partial charge is 0.379 e. The van der Waals surface area contributed by atoms with Crippen LogP contribution < -0.4 is 10.6 Å². The van der Waals surface area contributed by atoms with Crippen molar-refractivity contribution in [1.82, 2.24) is 15.5 Å². The molecule has 5 heteroatoms. The molecule has 0 radical (unpaired) electrons. The number of ether oxygens (including phenoxy) is 1. The Hall–Kier alpha value is -0.810. The molecule has 22 heavy (non-hydrogen) atoms. The first-order valence-corrected chi connectivity index (χ1v) is 8.65. The highest BCUT2D eigenvalue weighted by atomic mass is 16.5. The van der Waals surface area contributed by atoms with Gasteiger partial charge < -0.3 is 20.3 Å². The first-order valence-electron chi connectivity index (χ1n) is 8.65. The molecule has 2 N–H and O–H groups in total. The SMILES string of the molecule is CN=C(NCC1CCN(C2CC2)C1)NCC(OC)C(C)(C)C. The molecule has 1 saturated heterocycles. The molecule has 2 unspecified atom stereocenters. The van der Waals surface area contributed by atoms with Gasteiger partial charge in [0.25, 0.3) is 0 Å². The Balaban J connectivity index is 1.69. The maximum Gasteiger partial charge on any atom is 0.191 e. The van der Waals surface area contributed by atoms with Crippen LogP contribution in [0.5, 0.6) is 0 Å². The molecule has 0 aromatic carbocycles. The summed E-state index contributed by atoms with van der Waals surface area (Å²) in [7, 11) is 3.61. The molecule has 5 nitrogen and oxygen atoms in total. The lowest BCUT2D eigenvalue weighted by Crippen LogP contribution is -2.46. The van der Waals surface area contributed by atoms with E-state index in [1.54, 1.807) is 7.11 Å². The Morgan fingerprint density at radius 2 is 2.00 bits per heavy atom. The third-order valence-electron chi connectivity index (χ3n) is 4.87. The molecule has 2 aliphatic rings. The van der Waals surface area contributed by atoms with E-state index in [0.717, 1.165) is 31.0 Å². The van der Waals surface area contributed by atoms with Crippen molar-refractivity contribution in [2.24, 2.45) is 16.3 Å². The Morgan fingerprint density at radius 3 is 2.55 bits per heavy atom. The van der Waals surface area contributed by atoms with Crippen LogP contribution in [0.4, 0.5) is 0 Å². The number of likely N-dealkylation sites (tertiary alicyclic amines) is 1. The van der Waals surface area contributed by atoms with Crippen LogP contribution in [0, 0.1) is 11.3 Å². The van der Waals surface area contributed by atoms with Crippen molar-refractivity contribution < 1.29 is 4.74 Å². The van der Waals surface area contributed by atoms with Gasteiger partial charge in [0.1, 0.15) is 0 Å². The summed E-state index contributed by atoms with van der Waals surface area (Å²) in [5, 5.41) is 6.88. The molecule has 128 valence electrons. The third-order valence-corrected chi connectivity index (χ3v) is 4.87. The lowest BCUT2D eigenvalue weighted by molar-refractivity contribution is 0.0205. The Labute approximate surface area is 135 Å². The minimum Gasteiger partial charge on any atom is -0.379 e. The van der Waals surface area contributed by atoms with E-state index < -0.39 is 0 Å². The molecule has 2 atom stereocenters. The second-order valence-corrected chi connectivity index (χ2v) is 7.81. The minimum absolute atomic E-state index is 0.122. The van der Waals surface area contributed by atoms with Crippen molar-refractivity contribution in [3.63, 3.8) is 0 Å². The van der Waals surface area contributed by atoms with Crippen LogP contribution >= 0.6 is 0 Å². The van der Waals surface area contributed by atoms with Gasteiger partial charge in [-0.25, -0.2) is 0 Å². The number of aliphatic imine (C=N–C) groups is 1. The zero-order valence-electron chi connectivity index (χ0n) is 15.0. The average molecular weight is 310 g/mol. The van der Waals surface area contributed by atoms with Gasteiger partial charge in [-0.2, -0.15) is 0 Å². The van der Waals surface area contributed by atoms with E-state index in [2.05, 4.69) is 41.3 Å². The molecule has 0 amide bonds. The van der Waals surface area contributed by atoms with Gasteiger partial charge in [0.05, 0.1) is 6.10 Å². The van der Waals surface area contributed by atoms with Gasteiger partial charge in [0.15, 0.2) is 5.96 Å². The van der Waals surface area contributed by atoms with E-state index in [0.29, 0.717) is 0 Å². The fourth-order valence-electron chi connectivity index (χ4n) is 3.19. The van der Waals surface area contributed by atoms with Gasteiger partial charge in [0, 0.05) is 39.8 Å². The van der Waals surface area contributed by atoms with Crippen LogP contribution in [0.1, 0.15) is 40.0 Å². The highest BCUT2D eigenvalue weighted by Gasteiger charge is 2.34. The van der Waals surface area contributed by atoms with Crippen molar-refractivity contribution in [3.8, 4) is 0 Å². The number of rotatable bonds is 6. The normalized spacial score (nSPS) is 25.3. The summed E-state index contributed by atoms with van der Waals surface area (Å²) < 4.78 is 5.58. The van der Waals surface area contributed by atoms with Crippen molar-refractivity contribution in [3.05, 3.63) is 0 Å². The van der Waals surface area contributed by atoms with E-state index in [9.17, 15) is 0 Å². The standard InChI is InChI=1S/C17H34N4O/c1-17(2,3)15(22-5)11-20-16(18-4)19-10-13-8-9-21(12-13)14-6-7-14/h13-15H,6-12H2,1-5H3,(H2,18,19,20). The fourth-order valence-corrected chi connectivity index (χ4v) is 3.19. The number of nitrogens with zero attached hydrogens (tertiary/aromatic N) is 2. The van der Waals surface area contributed by atoms with Crippen molar-refractivity contribution in [1.29, 1.82) is 0 Å². The molecular weight excluding hydrogens is 276 g/mol. The molecule has 1 saturated carbocycles. The maximum atomic E-state index is 5.58. The van der Waals surface area contributed by atoms with Crippen LogP contribution in [0.3, 0.4) is 0 Å². The van der Waals surface area contributed by atoms with Crippen molar-refractivity contribution in [2.45, 2.75) is 52.2 Å². The zero-order valence-corrected chi connectivity index (χ0v) is 15.0. The first-order chi connectivity index (χ1) is 10.4. The number of hydrogen-bond acceptors (Lipinski definition) is 3. The average Bonchev–Trinajstić information content (AvgIpc) is 3.21. The number of hydrogen-bond donors (Lipinski definition) is 2. The summed E-state index contributed by atoms with van der Waals surface area (Å²) in [6.45, 7) is 10.9. The summed E-state index contributed by atoms with van der Waals surface area (Å²) >= 11 is 0. The molecule has 1 aliphatic carbocycles. The molecular formula is C17H34N4O. The van der Waals surface area contributed by atoms with Crippen LogP contribution in [0.15, 0.2) is 4.99 Å². The van der Waals surface area contributed by atoms with Crippen LogP contribution in [0.25, 0.3) is 0 Å². The van der Waals surface area contributed by atoms with Gasteiger partial charge in [-0.3, -0.25) is 4.99 Å². The third kappa shape index (κ3) is 5.13. The van der Waals surface area contributed by atoms with E-state index in [1.807, 2.05) is 7.05 Å². The van der Waals surface area contributed by atoms with Gasteiger partial charge in [0.2, 0.25) is 0 Å². The second kappa shape index (κ2) is 7.64. The monoisotopic (exact) mass is 310 g/mol. The lowest BCUT2D eigenvalue weighted by atomic mass is 9.89. The van der Waals surface area contributed by atoms with Crippen LogP contribution in [-0.2, 0) is 4.74 Å². The topological polar surface area (TPSA) is 48.9 Å². The lowest BCUT2D eigenvalue weighted by Gasteiger charge is -2.30. The fraction of sp³-hybridized carbons (Fsp3) is 0.941. The number of methoxy groups -OCH3 is 1. The smallest absolute Gasteiger partial charge is 0.191 e. The van der Waals surface area contributed by atoms with Gasteiger partial charge >= 0.3 is 0 Å². The quantitative estimate of drug-likeness (QED) is 0.579. The predicted octanol–water partition coefficient (Wildman–Crippen LogP) is 1.70. The summed E-state index contributed by atoms with van der Waals surface area (Å²) in [5.74, 6) is 1.64. The highest BCUT2D eigenvalue weighted by molar-refractivity contribution is 5.79. The van der Waals surface area contributed by atoms with E-state index in [1.165, 1.54) is 32.4 Å². The van der Waals surface area contributed by atoms with Crippen molar-refractivity contribution in [2.75, 3.05) is 40.3 Å². The molecule has 0 aromatic heterocycles. The van der Waals surface area contributed by atoms with Crippen molar-refractivity contribution >= 4 is 5.96 Å². The predicted molar refractivity (Wildman–Crippen MR) is 92.3 cm³/mol. The second-order valence-electron chi connectivity index (χ2n) is 7.81. The Morgan fingerprint density at radius 1 is 1.27 bits per heavy atom. The summed E-state index contributed by atoms with van der Waals surface area (Å²) in [4.78, 5) is 6.98. The first kappa shape index (κ1) is 17.5. The number of nitrogens with one attached hydrogen (secondary N) is 2. The molecule has 0 spiro atoms. The maximum absolute atomic E-state index is 5.58. The Kier molecular flexibility index (Phi) is 6.09. The molecule has 0 aromatic rings. The van der Waals surface area contributed by atoms with Crippen LogP contribution in [-0.4, -0.2) is 63.3 Å². The molecule has 1 aliphatic heterocycles. The summed E-state index contributed by atoms with van der Waals surface area (Å²) in [6, 6.07) is 0.900. The molecule has 0 bridgehead atoms. The minimum atomic E-state index is 0.122. The van der Waals surface area contributed by atoms with Crippen LogP contribution in [0.2, 0.25) is 0 Å². The Bertz CT molecular complexity index is 373. The van der Waals surface area contributed by atoms with E-state index in [-0.39, 0.29) is 11.5 Å². The molecule has 2 rings (SSSR count). The number of guanidine groups is 1. The summed E-state index contributed by atoms with van der Waals surface area (Å²) in [5.41, 5.74) is 0.122. The van der Waals surface area contributed by atoms with E-state index >= 15 is 0 Å².